The van der Waals surface area contributed by atoms with Gasteiger partial charge >= 0.3 is 0 Å². The van der Waals surface area contributed by atoms with Gasteiger partial charge in [0.15, 0.2) is 17.4 Å². The number of amides is 1. The molecule has 1 fully saturated rings. The minimum Gasteiger partial charge on any atom is -0.342 e. The first kappa shape index (κ1) is 22.7. The van der Waals surface area contributed by atoms with Crippen molar-refractivity contribution in [1.29, 1.82) is 0 Å². The van der Waals surface area contributed by atoms with Crippen molar-refractivity contribution in [2.24, 2.45) is 0 Å². The Hall–Kier alpha value is -4.13. The second-order valence-corrected chi connectivity index (χ2v) is 8.62. The number of rotatable bonds is 5. The van der Waals surface area contributed by atoms with Crippen LogP contribution < -0.4 is 0 Å². The molecule has 0 saturated carbocycles. The highest BCUT2D eigenvalue weighted by Crippen LogP contribution is 2.29. The Labute approximate surface area is 201 Å². The molecule has 0 atom stereocenters. The number of ketones is 1. The Morgan fingerprint density at radius 2 is 1.54 bits per heavy atom. The molecule has 176 valence electrons. The lowest BCUT2D eigenvalue weighted by atomic mass is 9.94. The third-order valence-electron chi connectivity index (χ3n) is 6.43. The van der Waals surface area contributed by atoms with Crippen molar-refractivity contribution < 1.29 is 18.4 Å². The van der Waals surface area contributed by atoms with Gasteiger partial charge in [-0.2, -0.15) is 0 Å². The van der Waals surface area contributed by atoms with E-state index in [1.807, 2.05) is 6.07 Å². The van der Waals surface area contributed by atoms with Crippen LogP contribution in [0.3, 0.4) is 0 Å². The molecular formula is C28H23F2N3O2. The van der Waals surface area contributed by atoms with Gasteiger partial charge in [0.2, 0.25) is 0 Å². The number of aromatic amines is 1. The van der Waals surface area contributed by atoms with Gasteiger partial charge in [0.1, 0.15) is 5.82 Å². The highest BCUT2D eigenvalue weighted by atomic mass is 19.2. The molecule has 1 amide bonds. The number of H-pyrrole nitrogens is 1. The summed E-state index contributed by atoms with van der Waals surface area (Å²) in [6.07, 6.45) is 3.02. The fourth-order valence-electron chi connectivity index (χ4n) is 4.49. The standard InChI is InChI=1S/C28H23F2N3O2/c29-23-11-10-20(16-24(23)30)25-17-31-27(32-25)19-12-14-33(15-13-19)28(35)22-9-5-4-8-21(22)26(34)18-6-2-1-3-7-18/h1-11,16-17,19H,12-15H2,(H,31,32). The van der Waals surface area contributed by atoms with Gasteiger partial charge in [0.25, 0.3) is 5.91 Å². The zero-order valence-electron chi connectivity index (χ0n) is 18.9. The number of nitrogens with one attached hydrogen (secondary N) is 1. The van der Waals surface area contributed by atoms with E-state index in [9.17, 15) is 18.4 Å². The average molecular weight is 472 g/mol. The Bertz CT molecular complexity index is 1380. The molecule has 1 aromatic heterocycles. The zero-order chi connectivity index (χ0) is 24.4. The number of hydrogen-bond acceptors (Lipinski definition) is 3. The Morgan fingerprint density at radius 3 is 2.26 bits per heavy atom. The van der Waals surface area contributed by atoms with E-state index < -0.39 is 11.6 Å². The summed E-state index contributed by atoms with van der Waals surface area (Å²) in [5.74, 6) is -1.26. The molecule has 35 heavy (non-hydrogen) atoms. The van der Waals surface area contributed by atoms with Crippen molar-refractivity contribution in [3.63, 3.8) is 0 Å². The highest BCUT2D eigenvalue weighted by molar-refractivity contribution is 6.15. The van der Waals surface area contributed by atoms with E-state index in [-0.39, 0.29) is 17.6 Å². The number of imidazole rings is 1. The third kappa shape index (κ3) is 4.62. The molecule has 7 heteroatoms. The van der Waals surface area contributed by atoms with Crippen LogP contribution in [0, 0.1) is 11.6 Å². The van der Waals surface area contributed by atoms with Gasteiger partial charge < -0.3 is 9.88 Å². The molecule has 0 spiro atoms. The summed E-state index contributed by atoms with van der Waals surface area (Å²) in [7, 11) is 0. The van der Waals surface area contributed by atoms with Gasteiger partial charge in [0.05, 0.1) is 17.5 Å². The third-order valence-corrected chi connectivity index (χ3v) is 6.43. The summed E-state index contributed by atoms with van der Waals surface area (Å²) in [4.78, 5) is 35.8. The van der Waals surface area contributed by atoms with Crippen LogP contribution in [-0.2, 0) is 0 Å². The van der Waals surface area contributed by atoms with E-state index in [4.69, 9.17) is 0 Å². The Balaban J connectivity index is 1.28. The van der Waals surface area contributed by atoms with Gasteiger partial charge in [-0.1, -0.05) is 48.5 Å². The first-order chi connectivity index (χ1) is 17.0. The lowest BCUT2D eigenvalue weighted by molar-refractivity contribution is 0.0707. The molecule has 0 aliphatic carbocycles. The summed E-state index contributed by atoms with van der Waals surface area (Å²) in [5.41, 5.74) is 2.48. The lowest BCUT2D eigenvalue weighted by Crippen LogP contribution is -2.38. The quantitative estimate of drug-likeness (QED) is 0.385. The number of hydrogen-bond donors (Lipinski definition) is 1. The van der Waals surface area contributed by atoms with Crippen molar-refractivity contribution in [1.82, 2.24) is 14.9 Å². The summed E-state index contributed by atoms with van der Waals surface area (Å²) in [5, 5.41) is 0. The van der Waals surface area contributed by atoms with Crippen LogP contribution in [0.1, 0.15) is 50.9 Å². The molecule has 1 aliphatic heterocycles. The maximum Gasteiger partial charge on any atom is 0.254 e. The minimum atomic E-state index is -0.906. The van der Waals surface area contributed by atoms with Crippen LogP contribution in [0.25, 0.3) is 11.3 Å². The number of piperidine rings is 1. The minimum absolute atomic E-state index is 0.110. The first-order valence-electron chi connectivity index (χ1n) is 11.5. The average Bonchev–Trinajstić information content (AvgIpc) is 3.40. The fraction of sp³-hybridized carbons (Fsp3) is 0.179. The molecule has 0 radical (unpaired) electrons. The van der Waals surface area contributed by atoms with Crippen molar-refractivity contribution in [2.45, 2.75) is 18.8 Å². The number of carbonyl (C=O) groups is 2. The maximum atomic E-state index is 13.6. The maximum absolute atomic E-state index is 13.6. The van der Waals surface area contributed by atoms with Gasteiger partial charge in [-0.15, -0.1) is 0 Å². The summed E-state index contributed by atoms with van der Waals surface area (Å²) < 4.78 is 26.8. The van der Waals surface area contributed by atoms with Crippen LogP contribution in [-0.4, -0.2) is 39.6 Å². The molecule has 1 N–H and O–H groups in total. The van der Waals surface area contributed by atoms with Crippen LogP contribution in [0.4, 0.5) is 8.78 Å². The zero-order valence-corrected chi connectivity index (χ0v) is 18.9. The molecule has 5 nitrogen and oxygen atoms in total. The number of halogens is 2. The van der Waals surface area contributed by atoms with Crippen LogP contribution in [0.15, 0.2) is 79.0 Å². The normalized spacial score (nSPS) is 14.2. The number of benzene rings is 3. The molecule has 3 aromatic carbocycles. The predicted octanol–water partition coefficient (Wildman–Crippen LogP) is 5.61. The molecular weight excluding hydrogens is 448 g/mol. The number of carbonyl (C=O) groups excluding carboxylic acids is 2. The summed E-state index contributed by atoms with van der Waals surface area (Å²) in [6.45, 7) is 1.05. The first-order valence-corrected chi connectivity index (χ1v) is 11.5. The molecule has 5 rings (SSSR count). The summed E-state index contributed by atoms with van der Waals surface area (Å²) >= 11 is 0. The lowest BCUT2D eigenvalue weighted by Gasteiger charge is -2.31. The molecule has 4 aromatic rings. The van der Waals surface area contributed by atoms with Crippen molar-refractivity contribution >= 4 is 11.7 Å². The van der Waals surface area contributed by atoms with Gasteiger partial charge in [-0.25, -0.2) is 13.8 Å². The second kappa shape index (κ2) is 9.62. The fourth-order valence-corrected chi connectivity index (χ4v) is 4.49. The van der Waals surface area contributed by atoms with E-state index in [2.05, 4.69) is 9.97 Å². The topological polar surface area (TPSA) is 66.1 Å². The SMILES string of the molecule is O=C(c1ccccc1)c1ccccc1C(=O)N1CCC(c2ncc(-c3ccc(F)c(F)c3)[nH]2)CC1. The van der Waals surface area contributed by atoms with E-state index in [0.29, 0.717) is 53.9 Å². The number of aromatic nitrogens is 2. The van der Waals surface area contributed by atoms with E-state index in [1.54, 1.807) is 59.6 Å². The van der Waals surface area contributed by atoms with E-state index in [1.165, 1.54) is 6.07 Å². The molecule has 0 unspecified atom stereocenters. The van der Waals surface area contributed by atoms with Gasteiger partial charge in [-0.3, -0.25) is 9.59 Å². The van der Waals surface area contributed by atoms with Gasteiger partial charge in [0, 0.05) is 35.7 Å². The smallest absolute Gasteiger partial charge is 0.254 e. The number of likely N-dealkylation sites (tertiary alicyclic amines) is 1. The monoisotopic (exact) mass is 471 g/mol. The molecule has 1 aliphatic rings. The van der Waals surface area contributed by atoms with Crippen molar-refractivity contribution in [3.8, 4) is 11.3 Å². The highest BCUT2D eigenvalue weighted by Gasteiger charge is 2.28. The predicted molar refractivity (Wildman–Crippen MR) is 128 cm³/mol. The van der Waals surface area contributed by atoms with Crippen LogP contribution in [0.5, 0.6) is 0 Å². The molecule has 1 saturated heterocycles. The van der Waals surface area contributed by atoms with Crippen molar-refractivity contribution in [3.05, 3.63) is 113 Å². The summed E-state index contributed by atoms with van der Waals surface area (Å²) in [6, 6.07) is 19.6. The largest absolute Gasteiger partial charge is 0.342 e. The Kier molecular flexibility index (Phi) is 6.23. The van der Waals surface area contributed by atoms with E-state index >= 15 is 0 Å². The number of nitrogens with zero attached hydrogens (tertiary/aromatic N) is 2. The van der Waals surface area contributed by atoms with E-state index in [0.717, 1.165) is 18.0 Å². The van der Waals surface area contributed by atoms with Gasteiger partial charge in [-0.05, 0) is 37.1 Å². The van der Waals surface area contributed by atoms with Crippen LogP contribution in [0.2, 0.25) is 0 Å². The van der Waals surface area contributed by atoms with Crippen molar-refractivity contribution in [2.75, 3.05) is 13.1 Å². The second-order valence-electron chi connectivity index (χ2n) is 8.62. The molecule has 2 heterocycles. The Morgan fingerprint density at radius 1 is 0.857 bits per heavy atom. The van der Waals surface area contributed by atoms with Crippen LogP contribution >= 0.6 is 0 Å². The molecule has 0 bridgehead atoms.